The molecule has 0 unspecified atom stereocenters. The van der Waals surface area contributed by atoms with Gasteiger partial charge in [-0.2, -0.15) is 0 Å². The van der Waals surface area contributed by atoms with Gasteiger partial charge in [-0.05, 0) is 30.3 Å². The fourth-order valence-electron chi connectivity index (χ4n) is 3.14. The van der Waals surface area contributed by atoms with E-state index in [2.05, 4.69) is 25.8 Å². The first-order chi connectivity index (χ1) is 11.7. The summed E-state index contributed by atoms with van der Waals surface area (Å²) in [6.07, 6.45) is 1.43. The highest BCUT2D eigenvalue weighted by Gasteiger charge is 2.20. The summed E-state index contributed by atoms with van der Waals surface area (Å²) in [5.41, 5.74) is 1.50. The van der Waals surface area contributed by atoms with E-state index in [0.717, 1.165) is 48.1 Å². The lowest BCUT2D eigenvalue weighted by Crippen LogP contribution is -2.46. The third kappa shape index (κ3) is 2.76. The molecule has 3 aromatic rings. The first kappa shape index (κ1) is 15.1. The lowest BCUT2D eigenvalue weighted by Gasteiger charge is -2.37. The van der Waals surface area contributed by atoms with Crippen molar-refractivity contribution in [2.75, 3.05) is 36.0 Å². The van der Waals surface area contributed by atoms with Crippen LogP contribution in [0.4, 0.5) is 15.9 Å². The number of halogens is 2. The van der Waals surface area contributed by atoms with E-state index in [4.69, 9.17) is 11.6 Å². The van der Waals surface area contributed by atoms with Gasteiger partial charge in [0.1, 0.15) is 23.5 Å². The molecule has 1 fully saturated rings. The highest BCUT2D eigenvalue weighted by atomic mass is 35.5. The predicted molar refractivity (Wildman–Crippen MR) is 95.4 cm³/mol. The van der Waals surface area contributed by atoms with Crippen molar-refractivity contribution in [3.63, 3.8) is 0 Å². The molecule has 0 bridgehead atoms. The summed E-state index contributed by atoms with van der Waals surface area (Å²) in [6.45, 7) is 3.35. The second kappa shape index (κ2) is 6.24. The maximum Gasteiger partial charge on any atom is 0.149 e. The number of rotatable bonds is 2. The first-order valence-corrected chi connectivity index (χ1v) is 8.25. The minimum atomic E-state index is -0.311. The number of para-hydroxylation sites is 1. The van der Waals surface area contributed by atoms with Crippen molar-refractivity contribution in [3.8, 4) is 0 Å². The molecule has 2 heterocycles. The fraction of sp³-hybridized carbons (Fsp3) is 0.222. The average molecular weight is 343 g/mol. The number of hydrogen-bond acceptors (Lipinski definition) is 4. The largest absolute Gasteiger partial charge is 0.368 e. The first-order valence-electron chi connectivity index (χ1n) is 7.87. The SMILES string of the molecule is Fc1cccc2c(N3CCN(c4cccc(Cl)c4)CC3)ncnc12. The summed E-state index contributed by atoms with van der Waals surface area (Å²) in [4.78, 5) is 12.9. The molecule has 0 spiro atoms. The molecule has 122 valence electrons. The Balaban J connectivity index is 1.57. The number of nitrogens with zero attached hydrogens (tertiary/aromatic N) is 4. The van der Waals surface area contributed by atoms with Gasteiger partial charge in [0.05, 0.1) is 0 Å². The van der Waals surface area contributed by atoms with Gasteiger partial charge in [0, 0.05) is 42.3 Å². The molecule has 0 atom stereocenters. The maximum absolute atomic E-state index is 13.9. The van der Waals surface area contributed by atoms with Crippen molar-refractivity contribution in [2.45, 2.75) is 0 Å². The summed E-state index contributed by atoms with van der Waals surface area (Å²) in [6, 6.07) is 12.9. The Morgan fingerprint density at radius 3 is 2.46 bits per heavy atom. The summed E-state index contributed by atoms with van der Waals surface area (Å²) in [5, 5.41) is 1.50. The van der Waals surface area contributed by atoms with Crippen LogP contribution < -0.4 is 9.80 Å². The van der Waals surface area contributed by atoms with Gasteiger partial charge in [-0.25, -0.2) is 14.4 Å². The second-order valence-electron chi connectivity index (χ2n) is 5.79. The monoisotopic (exact) mass is 342 g/mol. The second-order valence-corrected chi connectivity index (χ2v) is 6.22. The molecule has 6 heteroatoms. The number of fused-ring (bicyclic) bond motifs is 1. The van der Waals surface area contributed by atoms with Crippen LogP contribution in [-0.2, 0) is 0 Å². The highest BCUT2D eigenvalue weighted by molar-refractivity contribution is 6.30. The lowest BCUT2D eigenvalue weighted by molar-refractivity contribution is 0.634. The van der Waals surface area contributed by atoms with Gasteiger partial charge < -0.3 is 9.80 Å². The molecule has 1 aliphatic heterocycles. The van der Waals surface area contributed by atoms with E-state index >= 15 is 0 Å². The predicted octanol–water partition coefficient (Wildman–Crippen LogP) is 3.75. The van der Waals surface area contributed by atoms with Crippen molar-refractivity contribution in [1.29, 1.82) is 0 Å². The van der Waals surface area contributed by atoms with E-state index in [0.29, 0.717) is 5.52 Å². The summed E-state index contributed by atoms with van der Waals surface area (Å²) >= 11 is 6.08. The smallest absolute Gasteiger partial charge is 0.149 e. The molecule has 0 radical (unpaired) electrons. The van der Waals surface area contributed by atoms with Crippen molar-refractivity contribution >= 4 is 34.0 Å². The van der Waals surface area contributed by atoms with Crippen LogP contribution in [0.1, 0.15) is 0 Å². The summed E-state index contributed by atoms with van der Waals surface area (Å²) in [7, 11) is 0. The standard InChI is InChI=1S/C18H16ClFN4/c19-13-3-1-4-14(11-13)23-7-9-24(10-8-23)18-15-5-2-6-16(20)17(15)21-12-22-18/h1-6,11-12H,7-10H2. The van der Waals surface area contributed by atoms with Crippen molar-refractivity contribution < 1.29 is 4.39 Å². The van der Waals surface area contributed by atoms with Gasteiger partial charge in [-0.3, -0.25) is 0 Å². The summed E-state index contributed by atoms with van der Waals surface area (Å²) < 4.78 is 13.9. The number of aromatic nitrogens is 2. The van der Waals surface area contributed by atoms with Crippen LogP contribution >= 0.6 is 11.6 Å². The van der Waals surface area contributed by atoms with E-state index in [1.807, 2.05) is 24.3 Å². The molecule has 24 heavy (non-hydrogen) atoms. The van der Waals surface area contributed by atoms with E-state index in [1.165, 1.54) is 12.4 Å². The molecule has 1 saturated heterocycles. The number of anilines is 2. The Morgan fingerprint density at radius 1 is 0.917 bits per heavy atom. The van der Waals surface area contributed by atoms with Crippen LogP contribution in [0.15, 0.2) is 48.8 Å². The third-order valence-corrected chi connectivity index (χ3v) is 4.58. The lowest BCUT2D eigenvalue weighted by atomic mass is 10.2. The molecule has 2 aromatic carbocycles. The molecule has 1 aliphatic rings. The fourth-order valence-corrected chi connectivity index (χ4v) is 3.32. The van der Waals surface area contributed by atoms with Crippen LogP contribution in [0, 0.1) is 5.82 Å². The zero-order chi connectivity index (χ0) is 16.5. The van der Waals surface area contributed by atoms with E-state index in [1.54, 1.807) is 6.07 Å². The Labute approximate surface area is 144 Å². The van der Waals surface area contributed by atoms with E-state index in [9.17, 15) is 4.39 Å². The van der Waals surface area contributed by atoms with Gasteiger partial charge in [0.25, 0.3) is 0 Å². The molecule has 0 amide bonds. The van der Waals surface area contributed by atoms with Crippen LogP contribution in [-0.4, -0.2) is 36.1 Å². The van der Waals surface area contributed by atoms with Crippen molar-refractivity contribution in [3.05, 3.63) is 59.6 Å². The minimum absolute atomic E-state index is 0.311. The Kier molecular flexibility index (Phi) is 3.94. The molecule has 0 aliphatic carbocycles. The topological polar surface area (TPSA) is 32.3 Å². The van der Waals surface area contributed by atoms with Crippen molar-refractivity contribution in [2.24, 2.45) is 0 Å². The maximum atomic E-state index is 13.9. The van der Waals surface area contributed by atoms with Gasteiger partial charge in [0.15, 0.2) is 0 Å². The molecule has 0 saturated carbocycles. The summed E-state index contributed by atoms with van der Waals surface area (Å²) in [5.74, 6) is 0.485. The van der Waals surface area contributed by atoms with Crippen LogP contribution in [0.5, 0.6) is 0 Å². The van der Waals surface area contributed by atoms with Gasteiger partial charge >= 0.3 is 0 Å². The molecule has 4 rings (SSSR count). The van der Waals surface area contributed by atoms with Gasteiger partial charge in [-0.15, -0.1) is 0 Å². The van der Waals surface area contributed by atoms with Crippen LogP contribution in [0.25, 0.3) is 10.9 Å². The van der Waals surface area contributed by atoms with Gasteiger partial charge in [-0.1, -0.05) is 23.7 Å². The third-order valence-electron chi connectivity index (χ3n) is 4.35. The Bertz CT molecular complexity index is 878. The Morgan fingerprint density at radius 2 is 1.67 bits per heavy atom. The molecule has 1 aromatic heterocycles. The minimum Gasteiger partial charge on any atom is -0.368 e. The van der Waals surface area contributed by atoms with E-state index in [-0.39, 0.29) is 5.82 Å². The number of benzene rings is 2. The molecular weight excluding hydrogens is 327 g/mol. The average Bonchev–Trinajstić information content (AvgIpc) is 2.62. The Hall–Kier alpha value is -2.40. The number of piperazine rings is 1. The quantitative estimate of drug-likeness (QED) is 0.710. The molecule has 4 nitrogen and oxygen atoms in total. The number of hydrogen-bond donors (Lipinski definition) is 0. The van der Waals surface area contributed by atoms with Crippen LogP contribution in [0.3, 0.4) is 0 Å². The zero-order valence-corrected chi connectivity index (χ0v) is 13.7. The zero-order valence-electron chi connectivity index (χ0n) is 13.0. The van der Waals surface area contributed by atoms with E-state index < -0.39 is 0 Å². The highest BCUT2D eigenvalue weighted by Crippen LogP contribution is 2.27. The molecule has 0 N–H and O–H groups in total. The normalized spacial score (nSPS) is 15.1. The molecular formula is C18H16ClFN4. The van der Waals surface area contributed by atoms with Crippen molar-refractivity contribution in [1.82, 2.24) is 9.97 Å². The van der Waals surface area contributed by atoms with Crippen LogP contribution in [0.2, 0.25) is 5.02 Å². The van der Waals surface area contributed by atoms with Gasteiger partial charge in [0.2, 0.25) is 0 Å².